The molecule has 0 radical (unpaired) electrons. The van der Waals surface area contributed by atoms with Crippen LogP contribution < -0.4 is 20.1 Å². The van der Waals surface area contributed by atoms with Crippen molar-refractivity contribution < 1.29 is 14.3 Å². The smallest absolute Gasteiger partial charge is 0.243 e. The highest BCUT2D eigenvalue weighted by molar-refractivity contribution is 5.93. The maximum atomic E-state index is 12.1. The van der Waals surface area contributed by atoms with Gasteiger partial charge in [0.15, 0.2) is 0 Å². The summed E-state index contributed by atoms with van der Waals surface area (Å²) in [5.74, 6) is 1.46. The molecule has 0 saturated carbocycles. The maximum absolute atomic E-state index is 12.1. The second kappa shape index (κ2) is 9.57. The number of rotatable bonds is 9. The SMILES string of the molecule is CCCOc1cccc(NC(=O)CNc2ccc(OC(C)C)cc2)c1. The summed E-state index contributed by atoms with van der Waals surface area (Å²) >= 11 is 0. The lowest BCUT2D eigenvalue weighted by Gasteiger charge is -2.11. The van der Waals surface area contributed by atoms with Crippen molar-refractivity contribution in [2.45, 2.75) is 33.3 Å². The molecule has 0 atom stereocenters. The summed E-state index contributed by atoms with van der Waals surface area (Å²) in [5.41, 5.74) is 1.59. The first-order valence-corrected chi connectivity index (χ1v) is 8.60. The number of amides is 1. The summed E-state index contributed by atoms with van der Waals surface area (Å²) in [6.45, 7) is 6.87. The largest absolute Gasteiger partial charge is 0.494 e. The molecule has 2 rings (SSSR count). The highest BCUT2D eigenvalue weighted by Crippen LogP contribution is 2.18. The molecule has 134 valence electrons. The molecule has 2 N–H and O–H groups in total. The highest BCUT2D eigenvalue weighted by atomic mass is 16.5. The second-order valence-corrected chi connectivity index (χ2v) is 5.97. The monoisotopic (exact) mass is 342 g/mol. The van der Waals surface area contributed by atoms with Crippen LogP contribution in [0, 0.1) is 0 Å². The van der Waals surface area contributed by atoms with Gasteiger partial charge in [-0.25, -0.2) is 0 Å². The predicted molar refractivity (Wildman–Crippen MR) is 102 cm³/mol. The van der Waals surface area contributed by atoms with Crippen LogP contribution in [0.15, 0.2) is 48.5 Å². The standard InChI is InChI=1S/C20H26N2O3/c1-4-12-24-19-7-5-6-17(13-19)22-20(23)14-21-16-8-10-18(11-9-16)25-15(2)3/h5-11,13,15,21H,4,12,14H2,1-3H3,(H,22,23). The Morgan fingerprint density at radius 1 is 1.04 bits per heavy atom. The van der Waals surface area contributed by atoms with Crippen molar-refractivity contribution in [1.82, 2.24) is 0 Å². The number of hydrogen-bond acceptors (Lipinski definition) is 4. The number of anilines is 2. The topological polar surface area (TPSA) is 59.6 Å². The third-order valence-electron chi connectivity index (χ3n) is 3.27. The van der Waals surface area contributed by atoms with E-state index < -0.39 is 0 Å². The lowest BCUT2D eigenvalue weighted by Crippen LogP contribution is -2.21. The van der Waals surface area contributed by atoms with E-state index in [2.05, 4.69) is 17.6 Å². The van der Waals surface area contributed by atoms with E-state index in [9.17, 15) is 4.79 Å². The van der Waals surface area contributed by atoms with E-state index >= 15 is 0 Å². The minimum atomic E-state index is -0.116. The molecular formula is C20H26N2O3. The van der Waals surface area contributed by atoms with Crippen LogP contribution in [0.5, 0.6) is 11.5 Å². The zero-order valence-corrected chi connectivity index (χ0v) is 15.0. The van der Waals surface area contributed by atoms with Crippen LogP contribution in [0.1, 0.15) is 27.2 Å². The molecule has 0 heterocycles. The maximum Gasteiger partial charge on any atom is 0.243 e. The third kappa shape index (κ3) is 6.75. The molecule has 5 nitrogen and oxygen atoms in total. The summed E-state index contributed by atoms with van der Waals surface area (Å²) in [6, 6.07) is 15.0. The number of hydrogen-bond donors (Lipinski definition) is 2. The van der Waals surface area contributed by atoms with Crippen molar-refractivity contribution in [2.24, 2.45) is 0 Å². The van der Waals surface area contributed by atoms with Crippen molar-refractivity contribution in [3.05, 3.63) is 48.5 Å². The van der Waals surface area contributed by atoms with Crippen LogP contribution in [-0.2, 0) is 4.79 Å². The fraction of sp³-hybridized carbons (Fsp3) is 0.350. The summed E-state index contributed by atoms with van der Waals surface area (Å²) < 4.78 is 11.2. The number of carbonyl (C=O) groups is 1. The Labute approximate surface area is 149 Å². The van der Waals surface area contributed by atoms with Gasteiger partial charge in [-0.15, -0.1) is 0 Å². The number of ether oxygens (including phenoxy) is 2. The summed E-state index contributed by atoms with van der Waals surface area (Å²) in [4.78, 5) is 12.1. The van der Waals surface area contributed by atoms with Gasteiger partial charge in [0.2, 0.25) is 5.91 Å². The molecule has 0 unspecified atom stereocenters. The molecule has 0 aliphatic heterocycles. The molecule has 0 bridgehead atoms. The molecule has 2 aromatic carbocycles. The Kier molecular flexibility index (Phi) is 7.14. The van der Waals surface area contributed by atoms with E-state index in [1.165, 1.54) is 0 Å². The van der Waals surface area contributed by atoms with E-state index in [1.54, 1.807) is 0 Å². The predicted octanol–water partition coefficient (Wildman–Crippen LogP) is 4.31. The van der Waals surface area contributed by atoms with Gasteiger partial charge in [-0.3, -0.25) is 4.79 Å². The van der Waals surface area contributed by atoms with Crippen molar-refractivity contribution in [3.63, 3.8) is 0 Å². The lowest BCUT2D eigenvalue weighted by molar-refractivity contribution is -0.114. The Morgan fingerprint density at radius 3 is 2.48 bits per heavy atom. The molecule has 0 aliphatic carbocycles. The van der Waals surface area contributed by atoms with Gasteiger partial charge in [0.05, 0.1) is 19.3 Å². The van der Waals surface area contributed by atoms with Crippen LogP contribution in [0.2, 0.25) is 0 Å². The first-order valence-electron chi connectivity index (χ1n) is 8.60. The van der Waals surface area contributed by atoms with Crippen LogP contribution in [0.25, 0.3) is 0 Å². The van der Waals surface area contributed by atoms with E-state index in [1.807, 2.05) is 62.4 Å². The van der Waals surface area contributed by atoms with Gasteiger partial charge in [0, 0.05) is 17.4 Å². The summed E-state index contributed by atoms with van der Waals surface area (Å²) in [5, 5.41) is 5.96. The Morgan fingerprint density at radius 2 is 1.80 bits per heavy atom. The van der Waals surface area contributed by atoms with E-state index in [0.29, 0.717) is 6.61 Å². The normalized spacial score (nSPS) is 10.4. The molecule has 0 aromatic heterocycles. The van der Waals surface area contributed by atoms with Crippen LogP contribution in [0.4, 0.5) is 11.4 Å². The highest BCUT2D eigenvalue weighted by Gasteiger charge is 2.04. The van der Waals surface area contributed by atoms with Gasteiger partial charge < -0.3 is 20.1 Å². The van der Waals surface area contributed by atoms with E-state index in [4.69, 9.17) is 9.47 Å². The average Bonchev–Trinajstić information content (AvgIpc) is 2.59. The first-order chi connectivity index (χ1) is 12.1. The van der Waals surface area contributed by atoms with Crippen molar-refractivity contribution in [3.8, 4) is 11.5 Å². The van der Waals surface area contributed by atoms with Crippen LogP contribution >= 0.6 is 0 Å². The minimum Gasteiger partial charge on any atom is -0.494 e. The lowest BCUT2D eigenvalue weighted by atomic mass is 10.3. The van der Waals surface area contributed by atoms with Gasteiger partial charge in [-0.2, -0.15) is 0 Å². The number of carbonyl (C=O) groups excluding carboxylic acids is 1. The zero-order valence-electron chi connectivity index (χ0n) is 15.0. The third-order valence-corrected chi connectivity index (χ3v) is 3.27. The van der Waals surface area contributed by atoms with Gasteiger partial charge in [0.1, 0.15) is 11.5 Å². The molecular weight excluding hydrogens is 316 g/mol. The number of nitrogens with one attached hydrogen (secondary N) is 2. The van der Waals surface area contributed by atoms with Gasteiger partial charge in [0.25, 0.3) is 0 Å². The van der Waals surface area contributed by atoms with Gasteiger partial charge >= 0.3 is 0 Å². The van der Waals surface area contributed by atoms with Crippen LogP contribution in [-0.4, -0.2) is 25.2 Å². The van der Waals surface area contributed by atoms with Crippen molar-refractivity contribution >= 4 is 17.3 Å². The van der Waals surface area contributed by atoms with Gasteiger partial charge in [-0.1, -0.05) is 13.0 Å². The molecule has 0 fully saturated rings. The van der Waals surface area contributed by atoms with E-state index in [-0.39, 0.29) is 18.6 Å². The van der Waals surface area contributed by atoms with E-state index in [0.717, 1.165) is 29.3 Å². The van der Waals surface area contributed by atoms with Crippen molar-refractivity contribution in [1.29, 1.82) is 0 Å². The Hall–Kier alpha value is -2.69. The second-order valence-electron chi connectivity index (χ2n) is 5.97. The van der Waals surface area contributed by atoms with Gasteiger partial charge in [-0.05, 0) is 56.7 Å². The molecule has 5 heteroatoms. The molecule has 0 aliphatic rings. The Balaban J connectivity index is 1.82. The van der Waals surface area contributed by atoms with Crippen molar-refractivity contribution in [2.75, 3.05) is 23.8 Å². The quantitative estimate of drug-likeness (QED) is 0.713. The van der Waals surface area contributed by atoms with Crippen LogP contribution in [0.3, 0.4) is 0 Å². The summed E-state index contributed by atoms with van der Waals surface area (Å²) in [6.07, 6.45) is 1.09. The number of benzene rings is 2. The molecule has 25 heavy (non-hydrogen) atoms. The summed E-state index contributed by atoms with van der Waals surface area (Å²) in [7, 11) is 0. The average molecular weight is 342 g/mol. The first kappa shape index (κ1) is 18.6. The Bertz CT molecular complexity index is 669. The molecule has 0 spiro atoms. The molecule has 2 aromatic rings. The minimum absolute atomic E-state index is 0.116. The zero-order chi connectivity index (χ0) is 18.1. The fourth-order valence-electron chi connectivity index (χ4n) is 2.19. The molecule has 1 amide bonds. The molecule has 0 saturated heterocycles. The fourth-order valence-corrected chi connectivity index (χ4v) is 2.19.